The van der Waals surface area contributed by atoms with Gasteiger partial charge in [-0.1, -0.05) is 18.2 Å². The zero-order valence-corrected chi connectivity index (χ0v) is 21.6. The molecular formula is C26H29FN4O3S2. The second kappa shape index (κ2) is 13.7. The molecule has 3 N–H and O–H groups in total. The molecule has 10 heteroatoms. The van der Waals surface area contributed by atoms with Gasteiger partial charge in [0.05, 0.1) is 12.9 Å². The maximum atomic E-state index is 13.6. The highest BCUT2D eigenvalue weighted by Crippen LogP contribution is 2.32. The first-order valence-electron chi connectivity index (χ1n) is 11.6. The zero-order chi connectivity index (χ0) is 25.9. The highest BCUT2D eigenvalue weighted by Gasteiger charge is 2.24. The molecule has 1 amide bonds. The van der Waals surface area contributed by atoms with Crippen molar-refractivity contribution in [3.8, 4) is 0 Å². The monoisotopic (exact) mass is 528 g/mol. The molecule has 1 aliphatic carbocycles. The van der Waals surface area contributed by atoms with E-state index < -0.39 is 17.9 Å². The van der Waals surface area contributed by atoms with Crippen LogP contribution < -0.4 is 10.6 Å². The summed E-state index contributed by atoms with van der Waals surface area (Å²) >= 11 is 5.60. The zero-order valence-electron chi connectivity index (χ0n) is 19.9. The third kappa shape index (κ3) is 7.63. The lowest BCUT2D eigenvalue weighted by Gasteiger charge is -2.20. The highest BCUT2D eigenvalue weighted by molar-refractivity contribution is 7.80. The number of aromatic nitrogens is 1. The molecule has 0 bridgehead atoms. The quantitative estimate of drug-likeness (QED) is 0.181. The van der Waals surface area contributed by atoms with E-state index in [4.69, 9.17) is 0 Å². The number of carbonyl (C=O) groups excluding carboxylic acids is 1. The molecule has 0 saturated heterocycles. The maximum Gasteiger partial charge on any atom is 0.326 e. The number of nitrogens with one attached hydrogen (secondary N) is 2. The summed E-state index contributed by atoms with van der Waals surface area (Å²) in [4.78, 5) is 33.5. The molecule has 1 aromatic heterocycles. The van der Waals surface area contributed by atoms with E-state index in [0.29, 0.717) is 29.8 Å². The number of amides is 1. The van der Waals surface area contributed by atoms with Gasteiger partial charge in [-0.15, -0.1) is 11.3 Å². The second-order valence-corrected chi connectivity index (χ2v) is 9.39. The Kier molecular flexibility index (Phi) is 10.4. The minimum atomic E-state index is -1.12. The van der Waals surface area contributed by atoms with E-state index in [1.54, 1.807) is 30.7 Å². The largest absolute Gasteiger partial charge is 0.480 e. The summed E-state index contributed by atoms with van der Waals surface area (Å²) in [6, 6.07) is 4.32. The predicted molar refractivity (Wildman–Crippen MR) is 147 cm³/mol. The van der Waals surface area contributed by atoms with Gasteiger partial charge >= 0.3 is 5.97 Å². The number of halogens is 1. The molecular weight excluding hydrogens is 499 g/mol. The van der Waals surface area contributed by atoms with Crippen LogP contribution in [0, 0.1) is 0 Å². The number of thiazole rings is 1. The van der Waals surface area contributed by atoms with E-state index in [1.165, 1.54) is 23.5 Å². The first-order valence-corrected chi connectivity index (χ1v) is 13.1. The van der Waals surface area contributed by atoms with Gasteiger partial charge in [0.15, 0.2) is 0 Å². The molecule has 190 valence electrons. The number of carbonyl (C=O) groups is 2. The van der Waals surface area contributed by atoms with Crippen molar-refractivity contribution in [2.24, 2.45) is 4.99 Å². The van der Waals surface area contributed by atoms with Crippen molar-refractivity contribution < 1.29 is 19.1 Å². The Balaban J connectivity index is 1.99. The first-order chi connectivity index (χ1) is 17.4. The van der Waals surface area contributed by atoms with Crippen molar-refractivity contribution in [1.82, 2.24) is 15.6 Å². The van der Waals surface area contributed by atoms with Gasteiger partial charge in [-0.2, -0.15) is 12.6 Å². The fourth-order valence-corrected chi connectivity index (χ4v) is 4.60. The minimum Gasteiger partial charge on any atom is -0.480 e. The first kappa shape index (κ1) is 27.3. The molecule has 3 rings (SSSR count). The maximum absolute atomic E-state index is 13.6. The van der Waals surface area contributed by atoms with Crippen LogP contribution in [0.1, 0.15) is 52.2 Å². The number of rotatable bonds is 12. The number of aliphatic imine (C=N–C) groups is 1. The Hall–Kier alpha value is -3.24. The number of allylic oxidation sites excluding steroid dienone is 4. The van der Waals surface area contributed by atoms with Gasteiger partial charge in [0.25, 0.3) is 5.91 Å². The standard InChI is InChI=1S/C26H29FN4O3S2/c1-2-28-16-29-15-19(25-30-10-12-36-25)13-17-3-8-21(24(32)31-23(9-11-35)26(33)34)22(14-17)18-4-6-20(27)7-5-18/h3-4,6-8,10,12-14,16,18,23,35H,2,5,9,11,15H2,1H3,(H,28,29)(H,31,32)(H,33,34)/b19-13-. The third-order valence-electron chi connectivity index (χ3n) is 5.49. The van der Waals surface area contributed by atoms with E-state index >= 15 is 0 Å². The summed E-state index contributed by atoms with van der Waals surface area (Å²) in [5, 5.41) is 17.8. The molecule has 1 heterocycles. The van der Waals surface area contributed by atoms with Gasteiger partial charge in [-0.25, -0.2) is 14.2 Å². The Labute approximate surface area is 219 Å². The number of hydrogen-bond donors (Lipinski definition) is 4. The molecule has 0 radical (unpaired) electrons. The van der Waals surface area contributed by atoms with Crippen LogP contribution in [0.2, 0.25) is 0 Å². The molecule has 2 aromatic rings. The lowest BCUT2D eigenvalue weighted by Crippen LogP contribution is -2.41. The van der Waals surface area contributed by atoms with E-state index in [9.17, 15) is 19.1 Å². The van der Waals surface area contributed by atoms with Crippen LogP contribution in [-0.2, 0) is 4.79 Å². The average molecular weight is 529 g/mol. The minimum absolute atomic E-state index is 0.197. The SMILES string of the molecule is CCNC=NC/C(=C/c1ccc(C(=O)NC(CCS)C(=O)O)c(C2C=CC(F)=CC2)c1)c1nccs1. The van der Waals surface area contributed by atoms with Gasteiger partial charge in [-0.3, -0.25) is 9.79 Å². The van der Waals surface area contributed by atoms with Crippen LogP contribution in [0.15, 0.2) is 58.8 Å². The fourth-order valence-electron chi connectivity index (χ4n) is 3.69. The van der Waals surface area contributed by atoms with Crippen molar-refractivity contribution >= 4 is 53.8 Å². The number of thiol groups is 1. The second-order valence-electron chi connectivity index (χ2n) is 8.05. The van der Waals surface area contributed by atoms with Gasteiger partial charge < -0.3 is 15.7 Å². The Morgan fingerprint density at radius 3 is 2.89 bits per heavy atom. The predicted octanol–water partition coefficient (Wildman–Crippen LogP) is 4.72. The van der Waals surface area contributed by atoms with E-state index in [2.05, 4.69) is 33.2 Å². The van der Waals surface area contributed by atoms with Crippen molar-refractivity contribution in [1.29, 1.82) is 0 Å². The summed E-state index contributed by atoms with van der Waals surface area (Å²) in [6.45, 7) is 3.17. The number of carboxylic acids is 1. The summed E-state index contributed by atoms with van der Waals surface area (Å²) in [7, 11) is 0. The number of nitrogens with zero attached hydrogens (tertiary/aromatic N) is 2. The normalized spacial score (nSPS) is 16.6. The molecule has 1 aromatic carbocycles. The Morgan fingerprint density at radius 1 is 1.42 bits per heavy atom. The van der Waals surface area contributed by atoms with E-state index in [0.717, 1.165) is 22.7 Å². The van der Waals surface area contributed by atoms with Crippen molar-refractivity contribution in [3.63, 3.8) is 0 Å². The van der Waals surface area contributed by atoms with Crippen molar-refractivity contribution in [2.75, 3.05) is 18.8 Å². The molecule has 0 aliphatic heterocycles. The Morgan fingerprint density at radius 2 is 2.25 bits per heavy atom. The van der Waals surface area contributed by atoms with Gasteiger partial charge in [-0.05, 0) is 60.9 Å². The summed E-state index contributed by atoms with van der Waals surface area (Å²) in [6.07, 6.45) is 10.5. The van der Waals surface area contributed by atoms with Gasteiger partial charge in [0.2, 0.25) is 0 Å². The van der Waals surface area contributed by atoms with Crippen LogP contribution in [0.25, 0.3) is 11.6 Å². The summed E-state index contributed by atoms with van der Waals surface area (Å²) in [5.41, 5.74) is 2.78. The summed E-state index contributed by atoms with van der Waals surface area (Å²) in [5.74, 6) is -1.85. The molecule has 2 atom stereocenters. The van der Waals surface area contributed by atoms with Crippen LogP contribution in [-0.4, -0.2) is 53.2 Å². The van der Waals surface area contributed by atoms with Crippen LogP contribution in [0.5, 0.6) is 0 Å². The van der Waals surface area contributed by atoms with E-state index in [-0.39, 0.29) is 18.2 Å². The number of aliphatic carboxylic acids is 1. The molecule has 1 aliphatic rings. The lowest BCUT2D eigenvalue weighted by atomic mass is 9.87. The van der Waals surface area contributed by atoms with E-state index in [1.807, 2.05) is 24.4 Å². The fraction of sp³-hybridized carbons (Fsp3) is 0.308. The average Bonchev–Trinajstić information content (AvgIpc) is 3.41. The van der Waals surface area contributed by atoms with Crippen LogP contribution in [0.3, 0.4) is 0 Å². The third-order valence-corrected chi connectivity index (χ3v) is 6.60. The van der Waals surface area contributed by atoms with Crippen LogP contribution in [0.4, 0.5) is 4.39 Å². The van der Waals surface area contributed by atoms with Gasteiger partial charge in [0, 0.05) is 35.2 Å². The van der Waals surface area contributed by atoms with Crippen molar-refractivity contribution in [3.05, 3.63) is 75.5 Å². The van der Waals surface area contributed by atoms with Crippen molar-refractivity contribution in [2.45, 2.75) is 31.7 Å². The molecule has 36 heavy (non-hydrogen) atoms. The lowest BCUT2D eigenvalue weighted by molar-refractivity contribution is -0.139. The highest BCUT2D eigenvalue weighted by atomic mass is 32.1. The smallest absolute Gasteiger partial charge is 0.326 e. The topological polar surface area (TPSA) is 104 Å². The Bertz CT molecular complexity index is 1180. The molecule has 0 saturated carbocycles. The molecule has 0 fully saturated rings. The summed E-state index contributed by atoms with van der Waals surface area (Å²) < 4.78 is 13.6. The number of benzene rings is 1. The van der Waals surface area contributed by atoms with Gasteiger partial charge in [0.1, 0.15) is 16.9 Å². The molecule has 7 nitrogen and oxygen atoms in total. The van der Waals surface area contributed by atoms with Crippen LogP contribution >= 0.6 is 24.0 Å². The molecule has 2 unspecified atom stereocenters. The molecule has 0 spiro atoms. The number of carboxylic acid groups (broad SMARTS) is 1. The number of hydrogen-bond acceptors (Lipinski definition) is 6.